The third-order valence-corrected chi connectivity index (χ3v) is 6.43. The van der Waals surface area contributed by atoms with Crippen LogP contribution in [0.2, 0.25) is 0 Å². The average molecular weight is 681 g/mol. The number of hydrogen-bond acceptors (Lipinski definition) is 4. The molecule has 0 atom stereocenters. The third kappa shape index (κ3) is 4.03. The van der Waals surface area contributed by atoms with Crippen LogP contribution in [0, 0.1) is 19.1 Å². The van der Waals surface area contributed by atoms with Crippen LogP contribution in [0.4, 0.5) is 17.1 Å². The number of hydrogen-bond donors (Lipinski definition) is 0. The molecule has 6 aromatic rings. The molecular formula is C31H23N4O2Pt-. The summed E-state index contributed by atoms with van der Waals surface area (Å²) in [4.78, 5) is 9.12. The zero-order valence-electron chi connectivity index (χ0n) is 22.3. The fourth-order valence-corrected chi connectivity index (χ4v) is 4.76. The molecule has 0 bridgehead atoms. The quantitative estimate of drug-likeness (QED) is 0.145. The summed E-state index contributed by atoms with van der Waals surface area (Å²) < 4.78 is 24.1. The summed E-state index contributed by atoms with van der Waals surface area (Å²) in [5.74, 6) is 1.87. The number of fused-ring (bicyclic) bond motifs is 4. The summed E-state index contributed by atoms with van der Waals surface area (Å²) in [6.07, 6.45) is 1.82. The molecule has 1 aliphatic rings. The molecule has 2 aromatic heterocycles. The first-order valence-electron chi connectivity index (χ1n) is 13.1. The number of pyridine rings is 1. The first-order valence-corrected chi connectivity index (χ1v) is 11.9. The van der Waals surface area contributed by atoms with E-state index in [0.29, 0.717) is 22.9 Å². The molecule has 0 aliphatic carbocycles. The van der Waals surface area contributed by atoms with Crippen LogP contribution in [0.1, 0.15) is 8.30 Å². The van der Waals surface area contributed by atoms with E-state index < -0.39 is 7.00 Å². The molecule has 0 fully saturated rings. The summed E-state index contributed by atoms with van der Waals surface area (Å²) in [6, 6.07) is 36.1. The molecule has 6 nitrogen and oxygen atoms in total. The Bertz CT molecular complexity index is 1860. The Morgan fingerprint density at radius 2 is 1.66 bits per heavy atom. The molecule has 38 heavy (non-hydrogen) atoms. The van der Waals surface area contributed by atoms with Crippen molar-refractivity contribution in [3.05, 3.63) is 115 Å². The average Bonchev–Trinajstić information content (AvgIpc) is 3.50. The van der Waals surface area contributed by atoms with E-state index in [-0.39, 0.29) is 21.1 Å². The van der Waals surface area contributed by atoms with Gasteiger partial charge in [-0.2, -0.15) is 17.1 Å². The maximum absolute atomic E-state index is 7.87. The maximum atomic E-state index is 7.87. The standard InChI is InChI=1S/C31H22N4O2.Pt/c1-21-16-17-32-31(18-21)34-27-11-4-3-10-25(27)26-15-14-24(20-30(26)34)36-23-9-7-8-22(19-23)35-29-13-6-5-12-28(29)33(2)37-35;/h3-18H,1-2H3;/q-2;/p+1/i2D2;. The monoisotopic (exact) mass is 680 g/mol. The minimum atomic E-state index is -1.27. The largest absolute Gasteiger partial charge is 0.509 e. The number of ether oxygens (including phenoxy) is 1. The van der Waals surface area contributed by atoms with E-state index in [1.54, 1.807) is 5.06 Å². The minimum Gasteiger partial charge on any atom is -0.509 e. The summed E-state index contributed by atoms with van der Waals surface area (Å²) in [7, 11) is 0. The van der Waals surface area contributed by atoms with E-state index in [1.807, 2.05) is 79.0 Å². The Balaban J connectivity index is 0.00000289. The van der Waals surface area contributed by atoms with Gasteiger partial charge in [-0.15, -0.1) is 45.8 Å². The molecule has 3 heterocycles. The SMILES string of the molecule is [2H]C([2H])N1[OH+]N(c2[c-]c(Oc3[c-]c4c(cc3)c3ccccc3n4-c3cc(C)ccn3)ccc2)c2ccccc21.[Pt]. The van der Waals surface area contributed by atoms with E-state index in [2.05, 4.69) is 51.7 Å². The normalized spacial score (nSPS) is 13.4. The first kappa shape index (κ1) is 21.9. The molecule has 1 aliphatic heterocycles. The van der Waals surface area contributed by atoms with Crippen LogP contribution < -0.4 is 14.9 Å². The summed E-state index contributed by atoms with van der Waals surface area (Å²) in [6.45, 7) is 0.783. The molecule has 4 aromatic carbocycles. The molecule has 0 unspecified atom stereocenters. The van der Waals surface area contributed by atoms with Crippen molar-refractivity contribution in [3.63, 3.8) is 0 Å². The number of anilines is 3. The molecule has 190 valence electrons. The molecule has 7 heteroatoms. The molecule has 7 rings (SSSR count). The van der Waals surface area contributed by atoms with Gasteiger partial charge >= 0.3 is 0 Å². The van der Waals surface area contributed by atoms with Gasteiger partial charge in [0.15, 0.2) is 0 Å². The van der Waals surface area contributed by atoms with Gasteiger partial charge in [0.2, 0.25) is 0 Å². The zero-order chi connectivity index (χ0) is 26.5. The van der Waals surface area contributed by atoms with Crippen LogP contribution in [0.5, 0.6) is 11.5 Å². The predicted octanol–water partition coefficient (Wildman–Crippen LogP) is 7.31. The molecular weight excluding hydrogens is 655 g/mol. The van der Waals surface area contributed by atoms with Gasteiger partial charge in [-0.25, -0.2) is 4.98 Å². The Labute approximate surface area is 237 Å². The molecule has 0 spiro atoms. The number of aromatic nitrogens is 2. The fraction of sp³-hybridized carbons (Fsp3) is 0.0645. The number of hydroxylamine groups is 1. The van der Waals surface area contributed by atoms with Crippen LogP contribution in [-0.4, -0.2) is 21.5 Å². The van der Waals surface area contributed by atoms with Gasteiger partial charge in [0.05, 0.1) is 9.74 Å². The van der Waals surface area contributed by atoms with Gasteiger partial charge in [-0.05, 0) is 48.2 Å². The molecule has 0 saturated carbocycles. The van der Waals surface area contributed by atoms with Crippen molar-refractivity contribution in [2.45, 2.75) is 6.92 Å². The number of para-hydroxylation sites is 3. The molecule has 0 amide bonds. The maximum Gasteiger partial charge on any atom is 0.145 e. The number of nitrogens with zero attached hydrogens (tertiary/aromatic N) is 4. The Morgan fingerprint density at radius 3 is 2.53 bits per heavy atom. The van der Waals surface area contributed by atoms with Crippen LogP contribution in [0.15, 0.2) is 97.2 Å². The Kier molecular flexibility index (Phi) is 5.56. The predicted molar refractivity (Wildman–Crippen MR) is 146 cm³/mol. The number of rotatable bonds is 4. The first-order chi connectivity index (χ1) is 19.1. The van der Waals surface area contributed by atoms with E-state index in [0.717, 1.165) is 38.9 Å². The van der Waals surface area contributed by atoms with E-state index >= 15 is 0 Å². The second-order valence-electron chi connectivity index (χ2n) is 8.87. The molecule has 0 radical (unpaired) electrons. The third-order valence-electron chi connectivity index (χ3n) is 6.43. The van der Waals surface area contributed by atoms with E-state index in [1.165, 1.54) is 5.06 Å². The second-order valence-corrected chi connectivity index (χ2v) is 8.87. The van der Waals surface area contributed by atoms with Gasteiger partial charge in [0.25, 0.3) is 0 Å². The minimum absolute atomic E-state index is 0. The van der Waals surface area contributed by atoms with Crippen LogP contribution >= 0.6 is 0 Å². The van der Waals surface area contributed by atoms with Gasteiger partial charge in [0, 0.05) is 50.0 Å². The fourth-order valence-electron chi connectivity index (χ4n) is 4.76. The van der Waals surface area contributed by atoms with Crippen molar-refractivity contribution in [1.29, 1.82) is 0 Å². The topological polar surface area (TPSA) is 46.3 Å². The van der Waals surface area contributed by atoms with Crippen LogP contribution in [0.3, 0.4) is 0 Å². The van der Waals surface area contributed by atoms with Gasteiger partial charge < -0.3 is 9.30 Å². The molecule has 1 N–H and O–H groups in total. The summed E-state index contributed by atoms with van der Waals surface area (Å²) in [5, 5.41) is 5.21. The summed E-state index contributed by atoms with van der Waals surface area (Å²) in [5.41, 5.74) is 5.16. The van der Waals surface area contributed by atoms with Crippen molar-refractivity contribution in [2.24, 2.45) is 0 Å². The Morgan fingerprint density at radius 1 is 0.842 bits per heavy atom. The summed E-state index contributed by atoms with van der Waals surface area (Å²) >= 11 is 0. The second kappa shape index (κ2) is 9.64. The van der Waals surface area contributed by atoms with Gasteiger partial charge in [-0.3, -0.25) is 0 Å². The van der Waals surface area contributed by atoms with E-state index in [9.17, 15) is 0 Å². The van der Waals surface area contributed by atoms with Crippen molar-refractivity contribution in [1.82, 2.24) is 9.55 Å². The Hall–Kier alpha value is -4.12. The van der Waals surface area contributed by atoms with Crippen molar-refractivity contribution >= 4 is 38.9 Å². The van der Waals surface area contributed by atoms with Crippen LogP contribution in [0.25, 0.3) is 27.6 Å². The van der Waals surface area contributed by atoms with Crippen molar-refractivity contribution in [3.8, 4) is 17.3 Å². The van der Waals surface area contributed by atoms with E-state index in [4.69, 9.17) is 7.48 Å². The zero-order valence-corrected chi connectivity index (χ0v) is 22.5. The van der Waals surface area contributed by atoms with Crippen molar-refractivity contribution in [2.75, 3.05) is 17.1 Å². The molecule has 0 saturated heterocycles. The van der Waals surface area contributed by atoms with Crippen LogP contribution in [-0.2, 0) is 21.1 Å². The van der Waals surface area contributed by atoms with Gasteiger partial charge in [-0.1, -0.05) is 35.8 Å². The van der Waals surface area contributed by atoms with Crippen molar-refractivity contribution < 1.29 is 33.5 Å². The van der Waals surface area contributed by atoms with Gasteiger partial charge in [0.1, 0.15) is 17.2 Å². The number of benzene rings is 4. The smallest absolute Gasteiger partial charge is 0.145 e. The number of aryl methyl sites for hydroxylation is 1.